The zero-order valence-corrected chi connectivity index (χ0v) is 21.0. The third-order valence-electron chi connectivity index (χ3n) is 6.06. The van der Waals surface area contributed by atoms with Crippen molar-refractivity contribution in [2.24, 2.45) is 0 Å². The van der Waals surface area contributed by atoms with Gasteiger partial charge in [0.25, 0.3) is 10.0 Å². The molecule has 0 fully saturated rings. The van der Waals surface area contributed by atoms with Gasteiger partial charge in [0.15, 0.2) is 0 Å². The second kappa shape index (κ2) is 7.68. The molecule has 0 aliphatic rings. The maximum absolute atomic E-state index is 14.1. The van der Waals surface area contributed by atoms with Crippen molar-refractivity contribution in [1.29, 1.82) is 0 Å². The first-order chi connectivity index (χ1) is 15.7. The molecule has 2 heterocycles. The van der Waals surface area contributed by atoms with Crippen LogP contribution in [-0.2, 0) is 10.0 Å². The van der Waals surface area contributed by atoms with Crippen LogP contribution in [0.1, 0.15) is 5.56 Å². The molecule has 6 heteroatoms. The Balaban J connectivity index is 2.02. The lowest BCUT2D eigenvalue weighted by atomic mass is 10.1. The van der Waals surface area contributed by atoms with Gasteiger partial charge < -0.3 is 0 Å². The van der Waals surface area contributed by atoms with E-state index in [1.54, 1.807) is 12.1 Å². The van der Waals surface area contributed by atoms with Crippen molar-refractivity contribution < 1.29 is 8.42 Å². The molecule has 0 bridgehead atoms. The zero-order chi connectivity index (χ0) is 23.4. The summed E-state index contributed by atoms with van der Waals surface area (Å²) in [6, 6.07) is 24.8. The first-order valence-corrected chi connectivity index (χ1v) is 15.9. The van der Waals surface area contributed by atoms with Crippen molar-refractivity contribution in [2.75, 3.05) is 0 Å². The van der Waals surface area contributed by atoms with Gasteiger partial charge in [0.2, 0.25) is 0 Å². The van der Waals surface area contributed by atoms with Gasteiger partial charge in [0.05, 0.1) is 29.5 Å². The smallest absolute Gasteiger partial charge is 0.254 e. The van der Waals surface area contributed by atoms with Gasteiger partial charge >= 0.3 is 0 Å². The molecule has 0 aliphatic heterocycles. The van der Waals surface area contributed by atoms with E-state index in [1.807, 2.05) is 67.7 Å². The second-order valence-electron chi connectivity index (χ2n) is 9.46. The Morgan fingerprint density at radius 2 is 1.45 bits per heavy atom. The molecule has 0 amide bonds. The average Bonchev–Trinajstić information content (AvgIpc) is 3.14. The third kappa shape index (κ3) is 3.50. The molecule has 5 rings (SSSR count). The number of hydrogen-bond acceptors (Lipinski definition) is 3. The van der Waals surface area contributed by atoms with E-state index in [2.05, 4.69) is 31.8 Å². The fraction of sp³-hybridized carbons (Fsp3) is 0.148. The molecule has 5 aromatic rings. The van der Waals surface area contributed by atoms with Crippen LogP contribution >= 0.6 is 0 Å². The van der Waals surface area contributed by atoms with Crippen molar-refractivity contribution in [1.82, 2.24) is 8.96 Å². The number of aromatic nitrogens is 2. The molecular formula is C27H26N2O2SSi. The van der Waals surface area contributed by atoms with E-state index in [-0.39, 0.29) is 4.90 Å². The normalized spacial score (nSPS) is 12.5. The minimum absolute atomic E-state index is 0.271. The Labute approximate surface area is 195 Å². The van der Waals surface area contributed by atoms with Gasteiger partial charge in [-0.15, -0.1) is 0 Å². The van der Waals surface area contributed by atoms with Crippen LogP contribution < -0.4 is 5.19 Å². The molecular weight excluding hydrogens is 444 g/mol. The summed E-state index contributed by atoms with van der Waals surface area (Å²) < 4.78 is 29.8. The lowest BCUT2D eigenvalue weighted by Crippen LogP contribution is -2.39. The van der Waals surface area contributed by atoms with E-state index in [9.17, 15) is 8.42 Å². The standard InChI is InChI=1S/C27H26N2O2SSi/c1-19-14-16-21(17-15-19)32(30,31)29-23-13-9-8-12-22(23)26-27(29)25(20-10-6-5-7-11-20)24(18-28-26)33(2,3)4/h5-18H,1-4H3. The highest BCUT2D eigenvalue weighted by molar-refractivity contribution is 7.90. The van der Waals surface area contributed by atoms with Crippen molar-refractivity contribution >= 4 is 45.2 Å². The first-order valence-electron chi connectivity index (χ1n) is 11.0. The molecule has 0 spiro atoms. The predicted molar refractivity (Wildman–Crippen MR) is 139 cm³/mol. The largest absolute Gasteiger partial charge is 0.268 e. The van der Waals surface area contributed by atoms with Gasteiger partial charge in [-0.25, -0.2) is 12.4 Å². The Bertz CT molecular complexity index is 1600. The van der Waals surface area contributed by atoms with E-state index < -0.39 is 18.1 Å². The van der Waals surface area contributed by atoms with E-state index in [4.69, 9.17) is 4.98 Å². The highest BCUT2D eigenvalue weighted by Gasteiger charge is 2.30. The van der Waals surface area contributed by atoms with Crippen molar-refractivity contribution in [3.05, 3.63) is 90.6 Å². The number of benzene rings is 3. The molecule has 33 heavy (non-hydrogen) atoms. The van der Waals surface area contributed by atoms with Gasteiger partial charge in [-0.1, -0.05) is 85.9 Å². The molecule has 166 valence electrons. The van der Waals surface area contributed by atoms with Crippen LogP contribution in [-0.4, -0.2) is 25.4 Å². The number of aryl methyl sites for hydroxylation is 1. The minimum atomic E-state index is -3.87. The van der Waals surface area contributed by atoms with E-state index in [1.165, 1.54) is 3.97 Å². The number of para-hydroxylation sites is 1. The summed E-state index contributed by atoms with van der Waals surface area (Å²) in [6.45, 7) is 8.76. The van der Waals surface area contributed by atoms with Crippen LogP contribution in [0.4, 0.5) is 0 Å². The Morgan fingerprint density at radius 3 is 2.12 bits per heavy atom. The van der Waals surface area contributed by atoms with Crippen molar-refractivity contribution in [3.8, 4) is 11.1 Å². The van der Waals surface area contributed by atoms with Crippen molar-refractivity contribution in [3.63, 3.8) is 0 Å². The maximum Gasteiger partial charge on any atom is 0.268 e. The summed E-state index contributed by atoms with van der Waals surface area (Å²) in [5.74, 6) is 0. The third-order valence-corrected chi connectivity index (χ3v) is 9.79. The van der Waals surface area contributed by atoms with E-state index >= 15 is 0 Å². The topological polar surface area (TPSA) is 52.0 Å². The predicted octanol–water partition coefficient (Wildman–Crippen LogP) is 5.95. The van der Waals surface area contributed by atoms with E-state index in [0.29, 0.717) is 16.6 Å². The van der Waals surface area contributed by atoms with Gasteiger partial charge in [-0.05, 0) is 35.9 Å². The van der Waals surface area contributed by atoms with Crippen molar-refractivity contribution in [2.45, 2.75) is 31.5 Å². The SMILES string of the molecule is Cc1ccc(S(=O)(=O)n2c3ccccc3c3ncc([Si](C)(C)C)c(-c4ccccc4)c32)cc1. The number of pyridine rings is 1. The molecule has 3 aromatic carbocycles. The monoisotopic (exact) mass is 470 g/mol. The summed E-state index contributed by atoms with van der Waals surface area (Å²) >= 11 is 0. The number of fused-ring (bicyclic) bond motifs is 3. The van der Waals surface area contributed by atoms with Gasteiger partial charge in [-0.2, -0.15) is 0 Å². The zero-order valence-electron chi connectivity index (χ0n) is 19.2. The van der Waals surface area contributed by atoms with Gasteiger partial charge in [0, 0.05) is 17.1 Å². The van der Waals surface area contributed by atoms with Crippen LogP contribution in [0, 0.1) is 6.92 Å². The average molecular weight is 471 g/mol. The molecule has 4 nitrogen and oxygen atoms in total. The molecule has 2 aromatic heterocycles. The Morgan fingerprint density at radius 1 is 0.818 bits per heavy atom. The highest BCUT2D eigenvalue weighted by atomic mass is 32.2. The number of hydrogen-bond donors (Lipinski definition) is 0. The highest BCUT2D eigenvalue weighted by Crippen LogP contribution is 2.37. The molecule has 0 radical (unpaired) electrons. The molecule has 0 saturated carbocycles. The van der Waals surface area contributed by atoms with Crippen LogP contribution in [0.3, 0.4) is 0 Å². The van der Waals surface area contributed by atoms with Crippen LogP contribution in [0.15, 0.2) is 90.0 Å². The first kappa shape index (κ1) is 21.6. The van der Waals surface area contributed by atoms with Crippen LogP contribution in [0.25, 0.3) is 33.1 Å². The van der Waals surface area contributed by atoms with Gasteiger partial charge in [-0.3, -0.25) is 4.98 Å². The maximum atomic E-state index is 14.1. The van der Waals surface area contributed by atoms with E-state index in [0.717, 1.165) is 27.3 Å². The molecule has 0 unspecified atom stereocenters. The Kier molecular flexibility index (Phi) is 5.03. The summed E-state index contributed by atoms with van der Waals surface area (Å²) in [6.07, 6.45) is 1.96. The Hall–Kier alpha value is -3.22. The number of nitrogens with zero attached hydrogens (tertiary/aromatic N) is 2. The lowest BCUT2D eigenvalue weighted by Gasteiger charge is -2.22. The van der Waals surface area contributed by atoms with Crippen LogP contribution in [0.2, 0.25) is 19.6 Å². The number of rotatable bonds is 4. The summed E-state index contributed by atoms with van der Waals surface area (Å²) in [5.41, 5.74) is 5.00. The summed E-state index contributed by atoms with van der Waals surface area (Å²) in [4.78, 5) is 5.12. The molecule has 0 aliphatic carbocycles. The summed E-state index contributed by atoms with van der Waals surface area (Å²) in [7, 11) is -5.73. The minimum Gasteiger partial charge on any atom is -0.254 e. The fourth-order valence-corrected chi connectivity index (χ4v) is 7.39. The summed E-state index contributed by atoms with van der Waals surface area (Å²) in [5, 5.41) is 1.98. The molecule has 0 atom stereocenters. The quantitative estimate of drug-likeness (QED) is 0.305. The van der Waals surface area contributed by atoms with Gasteiger partial charge in [0.1, 0.15) is 0 Å². The second-order valence-corrected chi connectivity index (χ2v) is 16.3. The molecule has 0 N–H and O–H groups in total. The van der Waals surface area contributed by atoms with Crippen LogP contribution in [0.5, 0.6) is 0 Å². The lowest BCUT2D eigenvalue weighted by molar-refractivity contribution is 0.590. The molecule has 0 saturated heterocycles. The fourth-order valence-electron chi connectivity index (χ4n) is 4.40.